The second-order valence-corrected chi connectivity index (χ2v) is 6.89. The average molecular weight is 317 g/mol. The number of halogens is 1. The van der Waals surface area contributed by atoms with Crippen LogP contribution in [-0.4, -0.2) is 31.1 Å². The Morgan fingerprint density at radius 2 is 2.18 bits per heavy atom. The van der Waals surface area contributed by atoms with Crippen LogP contribution < -0.4 is 5.32 Å². The largest absolute Gasteiger partial charge is 0.312 e. The molecule has 2 heterocycles. The Kier molecular flexibility index (Phi) is 5.48. The van der Waals surface area contributed by atoms with Crippen molar-refractivity contribution in [2.24, 2.45) is 0 Å². The highest BCUT2D eigenvalue weighted by Gasteiger charge is 2.10. The van der Waals surface area contributed by atoms with Gasteiger partial charge in [0, 0.05) is 20.8 Å². The lowest BCUT2D eigenvalue weighted by Gasteiger charge is -2.14. The van der Waals surface area contributed by atoms with Gasteiger partial charge in [0.1, 0.15) is 0 Å². The van der Waals surface area contributed by atoms with Gasteiger partial charge < -0.3 is 10.2 Å². The molecule has 0 amide bonds. The molecule has 1 fully saturated rings. The number of hydrogen-bond donors (Lipinski definition) is 1. The van der Waals surface area contributed by atoms with Crippen molar-refractivity contribution in [2.45, 2.75) is 32.7 Å². The van der Waals surface area contributed by atoms with Crippen LogP contribution >= 0.6 is 27.3 Å². The minimum absolute atomic E-state index is 1.01. The fourth-order valence-electron chi connectivity index (χ4n) is 2.25. The molecular weight excluding hydrogens is 296 g/mol. The monoisotopic (exact) mass is 316 g/mol. The fraction of sp³-hybridized carbons (Fsp3) is 0.692. The van der Waals surface area contributed by atoms with Crippen molar-refractivity contribution in [3.63, 3.8) is 0 Å². The smallest absolute Gasteiger partial charge is 0.0314 e. The van der Waals surface area contributed by atoms with E-state index in [1.807, 2.05) is 11.3 Å². The van der Waals surface area contributed by atoms with Crippen molar-refractivity contribution >= 4 is 27.3 Å². The minimum atomic E-state index is 1.01. The molecule has 1 saturated heterocycles. The molecule has 0 bridgehead atoms. The molecule has 4 heteroatoms. The Hall–Kier alpha value is 0.100. The van der Waals surface area contributed by atoms with E-state index in [0.717, 1.165) is 13.1 Å². The van der Waals surface area contributed by atoms with E-state index in [4.69, 9.17) is 0 Å². The Morgan fingerprint density at radius 1 is 1.41 bits per heavy atom. The highest BCUT2D eigenvalue weighted by atomic mass is 79.9. The molecule has 1 aromatic rings. The van der Waals surface area contributed by atoms with E-state index in [1.54, 1.807) is 0 Å². The van der Waals surface area contributed by atoms with E-state index in [9.17, 15) is 0 Å². The molecule has 1 N–H and O–H groups in total. The highest BCUT2D eigenvalue weighted by molar-refractivity contribution is 9.10. The van der Waals surface area contributed by atoms with Gasteiger partial charge in [-0.1, -0.05) is 0 Å². The number of thiophene rings is 1. The first-order chi connectivity index (χ1) is 8.25. The Morgan fingerprint density at radius 3 is 2.82 bits per heavy atom. The number of aryl methyl sites for hydroxylation is 1. The standard InChI is InChI=1S/C13H21BrN2S/c1-11-13(14)9-12(17-11)10-15-5-4-8-16-6-2-3-7-16/h9,15H,2-8,10H2,1H3. The zero-order chi connectivity index (χ0) is 12.1. The first kappa shape index (κ1) is 13.5. The van der Waals surface area contributed by atoms with Gasteiger partial charge in [0.15, 0.2) is 0 Å². The number of likely N-dealkylation sites (tertiary alicyclic amines) is 1. The van der Waals surface area contributed by atoms with Gasteiger partial charge in [-0.05, 0) is 74.4 Å². The molecule has 0 radical (unpaired) electrons. The maximum atomic E-state index is 3.56. The van der Waals surface area contributed by atoms with E-state index in [2.05, 4.69) is 39.1 Å². The number of nitrogens with one attached hydrogen (secondary N) is 1. The maximum absolute atomic E-state index is 3.56. The fourth-order valence-corrected chi connectivity index (χ4v) is 3.82. The van der Waals surface area contributed by atoms with Crippen molar-refractivity contribution in [1.29, 1.82) is 0 Å². The van der Waals surface area contributed by atoms with Crippen LogP contribution in [0.1, 0.15) is 29.0 Å². The van der Waals surface area contributed by atoms with Gasteiger partial charge in [0.2, 0.25) is 0 Å². The molecule has 1 aliphatic rings. The summed E-state index contributed by atoms with van der Waals surface area (Å²) < 4.78 is 1.25. The third-order valence-electron chi connectivity index (χ3n) is 3.23. The lowest BCUT2D eigenvalue weighted by molar-refractivity contribution is 0.331. The molecule has 0 aliphatic carbocycles. The predicted octanol–water partition coefficient (Wildman–Crippen LogP) is 3.39. The zero-order valence-corrected chi connectivity index (χ0v) is 12.9. The Labute approximate surface area is 117 Å². The third-order valence-corrected chi connectivity index (χ3v) is 5.37. The lowest BCUT2D eigenvalue weighted by Crippen LogP contribution is -2.24. The summed E-state index contributed by atoms with van der Waals surface area (Å²) in [5, 5.41) is 3.53. The average Bonchev–Trinajstić information content (AvgIpc) is 2.90. The van der Waals surface area contributed by atoms with E-state index in [1.165, 1.54) is 53.1 Å². The first-order valence-corrected chi connectivity index (χ1v) is 8.04. The maximum Gasteiger partial charge on any atom is 0.0314 e. The predicted molar refractivity (Wildman–Crippen MR) is 78.8 cm³/mol. The molecule has 17 heavy (non-hydrogen) atoms. The Bertz CT molecular complexity index is 326. The third kappa shape index (κ3) is 4.36. The first-order valence-electron chi connectivity index (χ1n) is 6.43. The lowest BCUT2D eigenvalue weighted by atomic mass is 10.3. The molecule has 2 nitrogen and oxygen atoms in total. The number of nitrogens with zero attached hydrogens (tertiary/aromatic N) is 1. The van der Waals surface area contributed by atoms with Crippen molar-refractivity contribution in [3.8, 4) is 0 Å². The summed E-state index contributed by atoms with van der Waals surface area (Å²) in [7, 11) is 0. The van der Waals surface area contributed by atoms with Gasteiger partial charge in [-0.15, -0.1) is 11.3 Å². The summed E-state index contributed by atoms with van der Waals surface area (Å²) in [6.07, 6.45) is 4.07. The summed E-state index contributed by atoms with van der Waals surface area (Å²) in [4.78, 5) is 5.38. The van der Waals surface area contributed by atoms with E-state index >= 15 is 0 Å². The molecular formula is C13H21BrN2S. The van der Waals surface area contributed by atoms with Gasteiger partial charge in [-0.25, -0.2) is 0 Å². The van der Waals surface area contributed by atoms with E-state index in [-0.39, 0.29) is 0 Å². The zero-order valence-electron chi connectivity index (χ0n) is 10.5. The summed E-state index contributed by atoms with van der Waals surface area (Å²) in [5.41, 5.74) is 0. The van der Waals surface area contributed by atoms with Crippen LogP contribution in [-0.2, 0) is 6.54 Å². The molecule has 96 valence electrons. The normalized spacial score (nSPS) is 16.8. The SMILES string of the molecule is Cc1sc(CNCCCN2CCCC2)cc1Br. The van der Waals surface area contributed by atoms with Crippen LogP contribution in [0, 0.1) is 6.92 Å². The Balaban J connectivity index is 1.56. The quantitative estimate of drug-likeness (QED) is 0.809. The minimum Gasteiger partial charge on any atom is -0.312 e. The highest BCUT2D eigenvalue weighted by Crippen LogP contribution is 2.25. The molecule has 0 atom stereocenters. The summed E-state index contributed by atoms with van der Waals surface area (Å²) in [6.45, 7) is 8.20. The van der Waals surface area contributed by atoms with Crippen LogP contribution in [0.2, 0.25) is 0 Å². The summed E-state index contributed by atoms with van der Waals surface area (Å²) in [6, 6.07) is 2.23. The molecule has 2 rings (SSSR count). The molecule has 0 unspecified atom stereocenters. The van der Waals surface area contributed by atoms with Gasteiger partial charge in [-0.2, -0.15) is 0 Å². The molecule has 1 aromatic heterocycles. The topological polar surface area (TPSA) is 15.3 Å². The van der Waals surface area contributed by atoms with Gasteiger partial charge >= 0.3 is 0 Å². The molecule has 0 saturated carbocycles. The van der Waals surface area contributed by atoms with Gasteiger partial charge in [-0.3, -0.25) is 0 Å². The van der Waals surface area contributed by atoms with Gasteiger partial charge in [0.25, 0.3) is 0 Å². The van der Waals surface area contributed by atoms with Crippen LogP contribution in [0.3, 0.4) is 0 Å². The molecule has 0 spiro atoms. The van der Waals surface area contributed by atoms with Crippen LogP contribution in [0.15, 0.2) is 10.5 Å². The van der Waals surface area contributed by atoms with Crippen molar-refractivity contribution in [2.75, 3.05) is 26.2 Å². The van der Waals surface area contributed by atoms with Crippen LogP contribution in [0.5, 0.6) is 0 Å². The van der Waals surface area contributed by atoms with E-state index in [0.29, 0.717) is 0 Å². The van der Waals surface area contributed by atoms with Crippen LogP contribution in [0.25, 0.3) is 0 Å². The van der Waals surface area contributed by atoms with Crippen molar-refractivity contribution in [3.05, 3.63) is 20.3 Å². The molecule has 1 aliphatic heterocycles. The van der Waals surface area contributed by atoms with Crippen LogP contribution in [0.4, 0.5) is 0 Å². The number of hydrogen-bond acceptors (Lipinski definition) is 3. The van der Waals surface area contributed by atoms with E-state index < -0.39 is 0 Å². The molecule has 0 aromatic carbocycles. The number of rotatable bonds is 6. The van der Waals surface area contributed by atoms with Crippen molar-refractivity contribution < 1.29 is 0 Å². The second kappa shape index (κ2) is 6.88. The second-order valence-electron chi connectivity index (χ2n) is 4.70. The summed E-state index contributed by atoms with van der Waals surface area (Å²) in [5.74, 6) is 0. The van der Waals surface area contributed by atoms with Crippen molar-refractivity contribution in [1.82, 2.24) is 10.2 Å². The summed E-state index contributed by atoms with van der Waals surface area (Å²) >= 11 is 5.44. The van der Waals surface area contributed by atoms with Gasteiger partial charge in [0.05, 0.1) is 0 Å².